The molecule has 0 unspecified atom stereocenters. The van der Waals surface area contributed by atoms with Crippen molar-refractivity contribution in [2.45, 2.75) is 51.6 Å². The van der Waals surface area contributed by atoms with E-state index in [1.165, 1.54) is 0 Å². The molecule has 1 saturated heterocycles. The van der Waals surface area contributed by atoms with Gasteiger partial charge in [0.15, 0.2) is 5.82 Å². The normalized spacial score (nSPS) is 17.9. The van der Waals surface area contributed by atoms with E-state index in [0.29, 0.717) is 24.7 Å². The lowest BCUT2D eigenvalue weighted by Crippen LogP contribution is -2.31. The highest BCUT2D eigenvalue weighted by atomic mass is 16.5. The fourth-order valence-corrected chi connectivity index (χ4v) is 1.95. The van der Waals surface area contributed by atoms with Gasteiger partial charge >= 0.3 is 0 Å². The van der Waals surface area contributed by atoms with E-state index in [-0.39, 0.29) is 5.91 Å². The molecule has 18 heavy (non-hydrogen) atoms. The van der Waals surface area contributed by atoms with Crippen molar-refractivity contribution in [3.8, 4) is 0 Å². The molecule has 1 aliphatic rings. The van der Waals surface area contributed by atoms with E-state index in [1.54, 1.807) is 4.90 Å². The van der Waals surface area contributed by atoms with Crippen LogP contribution in [0.25, 0.3) is 0 Å². The average Bonchev–Trinajstić information content (AvgIpc) is 2.66. The third-order valence-electron chi connectivity index (χ3n) is 3.04. The van der Waals surface area contributed by atoms with E-state index in [2.05, 4.69) is 10.1 Å². The molecule has 2 N–H and O–H groups in total. The highest BCUT2D eigenvalue weighted by Gasteiger charge is 2.24. The lowest BCUT2D eigenvalue weighted by molar-refractivity contribution is -0.131. The van der Waals surface area contributed by atoms with Crippen molar-refractivity contribution in [1.82, 2.24) is 15.0 Å². The molecule has 0 radical (unpaired) electrons. The Morgan fingerprint density at radius 3 is 2.83 bits per heavy atom. The summed E-state index contributed by atoms with van der Waals surface area (Å²) < 4.78 is 5.15. The minimum absolute atomic E-state index is 0.166. The van der Waals surface area contributed by atoms with Gasteiger partial charge in [0.1, 0.15) is 0 Å². The minimum atomic E-state index is -0.620. The molecule has 1 amide bonds. The third-order valence-corrected chi connectivity index (χ3v) is 3.04. The van der Waals surface area contributed by atoms with E-state index >= 15 is 0 Å². The molecular formula is C12H20N4O2. The van der Waals surface area contributed by atoms with Gasteiger partial charge in [-0.25, -0.2) is 0 Å². The SMILES string of the molecule is CC(C)(N)c1noc(CN2CCCCCC2=O)n1. The molecule has 6 nitrogen and oxygen atoms in total. The van der Waals surface area contributed by atoms with Gasteiger partial charge in [0.05, 0.1) is 12.1 Å². The summed E-state index contributed by atoms with van der Waals surface area (Å²) in [6.07, 6.45) is 3.73. The number of carbonyl (C=O) groups excluding carboxylic acids is 1. The van der Waals surface area contributed by atoms with Crippen LogP contribution in [0.2, 0.25) is 0 Å². The molecule has 2 rings (SSSR count). The van der Waals surface area contributed by atoms with Crippen LogP contribution in [0.3, 0.4) is 0 Å². The topological polar surface area (TPSA) is 85.2 Å². The van der Waals surface area contributed by atoms with E-state index in [1.807, 2.05) is 13.8 Å². The van der Waals surface area contributed by atoms with Gasteiger partial charge in [-0.3, -0.25) is 4.79 Å². The molecule has 0 bridgehead atoms. The van der Waals surface area contributed by atoms with E-state index in [9.17, 15) is 4.79 Å². The summed E-state index contributed by atoms with van der Waals surface area (Å²) in [5.74, 6) is 1.10. The van der Waals surface area contributed by atoms with Gasteiger partial charge in [0.2, 0.25) is 11.8 Å². The molecule has 0 saturated carbocycles. The number of likely N-dealkylation sites (tertiary alicyclic amines) is 1. The summed E-state index contributed by atoms with van der Waals surface area (Å²) in [6.45, 7) is 4.79. The minimum Gasteiger partial charge on any atom is -0.337 e. The van der Waals surface area contributed by atoms with Crippen LogP contribution in [0.1, 0.15) is 51.2 Å². The molecule has 100 valence electrons. The van der Waals surface area contributed by atoms with Crippen molar-refractivity contribution in [1.29, 1.82) is 0 Å². The molecule has 0 atom stereocenters. The number of amides is 1. The maximum Gasteiger partial charge on any atom is 0.246 e. The van der Waals surface area contributed by atoms with Gasteiger partial charge in [-0.1, -0.05) is 11.6 Å². The number of hydrogen-bond donors (Lipinski definition) is 1. The van der Waals surface area contributed by atoms with Gasteiger partial charge in [-0.15, -0.1) is 0 Å². The zero-order valence-corrected chi connectivity index (χ0v) is 11.0. The average molecular weight is 252 g/mol. The summed E-state index contributed by atoms with van der Waals surface area (Å²) >= 11 is 0. The maximum atomic E-state index is 11.8. The van der Waals surface area contributed by atoms with E-state index in [4.69, 9.17) is 10.3 Å². The highest BCUT2D eigenvalue weighted by molar-refractivity contribution is 5.76. The van der Waals surface area contributed by atoms with Gasteiger partial charge in [-0.05, 0) is 26.7 Å². The zero-order valence-electron chi connectivity index (χ0n) is 11.0. The molecule has 1 aliphatic heterocycles. The van der Waals surface area contributed by atoms with Crippen molar-refractivity contribution >= 4 is 5.91 Å². The van der Waals surface area contributed by atoms with E-state index in [0.717, 1.165) is 25.8 Å². The quantitative estimate of drug-likeness (QED) is 0.872. The summed E-state index contributed by atoms with van der Waals surface area (Å²) in [4.78, 5) is 17.9. The Hall–Kier alpha value is -1.43. The summed E-state index contributed by atoms with van der Waals surface area (Å²) in [5.41, 5.74) is 5.27. The number of nitrogens with zero attached hydrogens (tertiary/aromatic N) is 3. The fourth-order valence-electron chi connectivity index (χ4n) is 1.95. The van der Waals surface area contributed by atoms with Crippen LogP contribution in [0.15, 0.2) is 4.52 Å². The van der Waals surface area contributed by atoms with E-state index < -0.39 is 5.54 Å². The molecule has 0 spiro atoms. The Balaban J connectivity index is 2.04. The summed E-state index contributed by atoms with van der Waals surface area (Å²) in [6, 6.07) is 0. The summed E-state index contributed by atoms with van der Waals surface area (Å²) in [7, 11) is 0. The van der Waals surface area contributed by atoms with Gasteiger partial charge in [0.25, 0.3) is 0 Å². The Bertz CT molecular complexity index is 422. The third kappa shape index (κ3) is 3.07. The monoisotopic (exact) mass is 252 g/mol. The largest absolute Gasteiger partial charge is 0.337 e. The number of carbonyl (C=O) groups is 1. The van der Waals surface area contributed by atoms with Crippen LogP contribution < -0.4 is 5.73 Å². The number of aromatic nitrogens is 2. The highest BCUT2D eigenvalue weighted by Crippen LogP contribution is 2.16. The first-order chi connectivity index (χ1) is 8.47. The van der Waals surface area contributed by atoms with Crippen molar-refractivity contribution in [3.63, 3.8) is 0 Å². The van der Waals surface area contributed by atoms with Crippen molar-refractivity contribution in [3.05, 3.63) is 11.7 Å². The fraction of sp³-hybridized carbons (Fsp3) is 0.750. The molecular weight excluding hydrogens is 232 g/mol. The molecule has 0 aromatic carbocycles. The van der Waals surface area contributed by atoms with Crippen molar-refractivity contribution < 1.29 is 9.32 Å². The smallest absolute Gasteiger partial charge is 0.246 e. The van der Waals surface area contributed by atoms with Crippen LogP contribution in [0.5, 0.6) is 0 Å². The van der Waals surface area contributed by atoms with Crippen LogP contribution in [-0.4, -0.2) is 27.5 Å². The second-order valence-electron chi connectivity index (χ2n) is 5.36. The van der Waals surface area contributed by atoms with Crippen LogP contribution in [0, 0.1) is 0 Å². The Morgan fingerprint density at radius 1 is 1.39 bits per heavy atom. The predicted molar refractivity (Wildman–Crippen MR) is 65.4 cm³/mol. The van der Waals surface area contributed by atoms with Crippen molar-refractivity contribution in [2.24, 2.45) is 5.73 Å². The Morgan fingerprint density at radius 2 is 2.17 bits per heavy atom. The second-order valence-corrected chi connectivity index (χ2v) is 5.36. The number of nitrogens with two attached hydrogens (primary N) is 1. The lowest BCUT2D eigenvalue weighted by Gasteiger charge is -2.17. The standard InChI is InChI=1S/C12H20N4O2/c1-12(2,13)11-14-9(18-15-11)8-16-7-5-3-4-6-10(16)17/h3-8,13H2,1-2H3. The van der Waals surface area contributed by atoms with Gasteiger partial charge in [-0.2, -0.15) is 4.98 Å². The molecule has 1 aromatic heterocycles. The molecule has 0 aliphatic carbocycles. The molecule has 1 aromatic rings. The lowest BCUT2D eigenvalue weighted by atomic mass is 10.1. The maximum absolute atomic E-state index is 11.8. The first kappa shape index (κ1) is 13.0. The Kier molecular flexibility index (Phi) is 3.65. The Labute approximate surface area is 107 Å². The first-order valence-electron chi connectivity index (χ1n) is 6.36. The number of rotatable bonds is 3. The van der Waals surface area contributed by atoms with Crippen LogP contribution >= 0.6 is 0 Å². The van der Waals surface area contributed by atoms with Gasteiger partial charge in [0, 0.05) is 13.0 Å². The van der Waals surface area contributed by atoms with Gasteiger partial charge < -0.3 is 15.2 Å². The predicted octanol–water partition coefficient (Wildman–Crippen LogP) is 1.17. The number of hydrogen-bond acceptors (Lipinski definition) is 5. The second kappa shape index (κ2) is 5.06. The summed E-state index contributed by atoms with van der Waals surface area (Å²) in [5, 5.41) is 3.85. The molecule has 1 fully saturated rings. The first-order valence-corrected chi connectivity index (χ1v) is 6.36. The molecule has 6 heteroatoms. The van der Waals surface area contributed by atoms with Crippen LogP contribution in [-0.2, 0) is 16.9 Å². The van der Waals surface area contributed by atoms with Crippen molar-refractivity contribution in [2.75, 3.05) is 6.54 Å². The zero-order chi connectivity index (χ0) is 13.2. The molecule has 2 heterocycles. The van der Waals surface area contributed by atoms with Crippen LogP contribution in [0.4, 0.5) is 0 Å².